The number of nitrogens with zero attached hydrogens (tertiary/aromatic N) is 2. The highest BCUT2D eigenvalue weighted by atomic mass is 32.1. The number of imidazole rings is 1. The predicted octanol–water partition coefficient (Wildman–Crippen LogP) is 8.77. The van der Waals surface area contributed by atoms with E-state index in [-0.39, 0.29) is 0 Å². The number of para-hydroxylation sites is 2. The van der Waals surface area contributed by atoms with Gasteiger partial charge in [0.2, 0.25) is 0 Å². The highest BCUT2D eigenvalue weighted by molar-refractivity contribution is 7.20. The zero-order valence-electron chi connectivity index (χ0n) is 19.8. The summed E-state index contributed by atoms with van der Waals surface area (Å²) in [4.78, 5) is 6.53. The molecule has 2 aliphatic rings. The first-order chi connectivity index (χ1) is 17.3. The van der Waals surface area contributed by atoms with Crippen LogP contribution in [0.2, 0.25) is 0 Å². The molecule has 0 fully saturated rings. The van der Waals surface area contributed by atoms with E-state index in [9.17, 15) is 0 Å². The summed E-state index contributed by atoms with van der Waals surface area (Å²) in [5.41, 5.74) is 10.3. The third-order valence-electron chi connectivity index (χ3n) is 7.32. The molecule has 0 bridgehead atoms. The summed E-state index contributed by atoms with van der Waals surface area (Å²) in [6, 6.07) is 24.1. The predicted molar refractivity (Wildman–Crippen MR) is 150 cm³/mol. The second kappa shape index (κ2) is 8.21. The van der Waals surface area contributed by atoms with Gasteiger partial charge in [0, 0.05) is 15.3 Å². The molecule has 0 aliphatic heterocycles. The number of thiophene rings is 1. The van der Waals surface area contributed by atoms with Crippen LogP contribution in [0, 0.1) is 6.92 Å². The average molecular weight is 471 g/mol. The number of hydrogen-bond donors (Lipinski definition) is 0. The summed E-state index contributed by atoms with van der Waals surface area (Å²) in [5, 5.41) is 1.45. The lowest BCUT2D eigenvalue weighted by molar-refractivity contribution is 0.990. The van der Waals surface area contributed by atoms with Crippen LogP contribution in [0.15, 0.2) is 85.0 Å². The topological polar surface area (TPSA) is 17.8 Å². The van der Waals surface area contributed by atoms with E-state index >= 15 is 0 Å². The van der Waals surface area contributed by atoms with Crippen molar-refractivity contribution in [1.29, 1.82) is 0 Å². The zero-order valence-corrected chi connectivity index (χ0v) is 20.6. The molecule has 2 aliphatic carbocycles. The van der Waals surface area contributed by atoms with E-state index in [0.29, 0.717) is 0 Å². The van der Waals surface area contributed by atoms with E-state index in [1.54, 1.807) is 0 Å². The second-order valence-electron chi connectivity index (χ2n) is 9.55. The molecule has 0 atom stereocenters. The fourth-order valence-corrected chi connectivity index (χ4v) is 6.83. The average Bonchev–Trinajstić information content (AvgIpc) is 3.48. The molecule has 2 aromatic heterocycles. The van der Waals surface area contributed by atoms with Crippen LogP contribution in [0.5, 0.6) is 0 Å². The largest absolute Gasteiger partial charge is 0.293 e. The Kier molecular flexibility index (Phi) is 4.85. The molecule has 7 rings (SSSR count). The number of aromatic nitrogens is 2. The van der Waals surface area contributed by atoms with Gasteiger partial charge in [-0.25, -0.2) is 4.98 Å². The van der Waals surface area contributed by atoms with Gasteiger partial charge >= 0.3 is 0 Å². The molecule has 0 radical (unpaired) electrons. The summed E-state index contributed by atoms with van der Waals surface area (Å²) in [7, 11) is 0. The number of hydrogen-bond acceptors (Lipinski definition) is 2. The van der Waals surface area contributed by atoms with Crippen molar-refractivity contribution in [3.63, 3.8) is 0 Å². The van der Waals surface area contributed by atoms with Crippen molar-refractivity contribution in [2.24, 2.45) is 0 Å². The Bertz CT molecular complexity index is 1690. The molecular formula is C32H26N2S. The summed E-state index contributed by atoms with van der Waals surface area (Å²) in [6.45, 7) is 2.13. The molecule has 0 saturated heterocycles. The Morgan fingerprint density at radius 2 is 1.66 bits per heavy atom. The van der Waals surface area contributed by atoms with Gasteiger partial charge in [-0.3, -0.25) is 4.57 Å². The van der Waals surface area contributed by atoms with Crippen molar-refractivity contribution in [3.8, 4) is 5.69 Å². The first-order valence-corrected chi connectivity index (χ1v) is 13.2. The molecule has 2 nitrogen and oxygen atoms in total. The zero-order chi connectivity index (χ0) is 23.4. The Morgan fingerprint density at radius 3 is 2.51 bits per heavy atom. The van der Waals surface area contributed by atoms with Crippen LogP contribution in [0.1, 0.15) is 46.7 Å². The monoisotopic (exact) mass is 470 g/mol. The number of rotatable bonds is 3. The van der Waals surface area contributed by atoms with Crippen molar-refractivity contribution in [2.45, 2.75) is 32.6 Å². The molecule has 0 unspecified atom stereocenters. The van der Waals surface area contributed by atoms with Crippen molar-refractivity contribution >= 4 is 49.7 Å². The summed E-state index contributed by atoms with van der Waals surface area (Å²) < 4.78 is 3.76. The van der Waals surface area contributed by atoms with Crippen molar-refractivity contribution < 1.29 is 0 Å². The molecule has 170 valence electrons. The van der Waals surface area contributed by atoms with Crippen LogP contribution in [-0.2, 0) is 6.42 Å². The van der Waals surface area contributed by atoms with Crippen molar-refractivity contribution in [3.05, 3.63) is 112 Å². The minimum absolute atomic E-state index is 0.988. The number of allylic oxidation sites excluding steroid dienone is 5. The van der Waals surface area contributed by atoms with E-state index in [4.69, 9.17) is 4.98 Å². The Hall–Kier alpha value is -3.69. The summed E-state index contributed by atoms with van der Waals surface area (Å²) in [6.07, 6.45) is 13.6. The van der Waals surface area contributed by atoms with E-state index in [1.165, 1.54) is 42.8 Å². The van der Waals surface area contributed by atoms with Crippen LogP contribution in [0.3, 0.4) is 0 Å². The van der Waals surface area contributed by atoms with Gasteiger partial charge in [0.15, 0.2) is 0 Å². The lowest BCUT2D eigenvalue weighted by Crippen LogP contribution is -2.03. The normalized spacial score (nSPS) is 15.3. The maximum Gasteiger partial charge on any atom is 0.141 e. The van der Waals surface area contributed by atoms with Crippen molar-refractivity contribution in [1.82, 2.24) is 9.55 Å². The Morgan fingerprint density at radius 1 is 0.829 bits per heavy atom. The lowest BCUT2D eigenvalue weighted by atomic mass is 9.91. The van der Waals surface area contributed by atoms with Crippen molar-refractivity contribution in [2.75, 3.05) is 0 Å². The summed E-state index contributed by atoms with van der Waals surface area (Å²) in [5.74, 6) is 1.06. The highest BCUT2D eigenvalue weighted by Crippen LogP contribution is 2.42. The van der Waals surface area contributed by atoms with E-state index in [0.717, 1.165) is 48.2 Å². The smallest absolute Gasteiger partial charge is 0.141 e. The molecule has 0 saturated carbocycles. The van der Waals surface area contributed by atoms with E-state index < -0.39 is 0 Å². The molecular weight excluding hydrogens is 444 g/mol. The van der Waals surface area contributed by atoms with Crippen LogP contribution in [0.4, 0.5) is 0 Å². The van der Waals surface area contributed by atoms with Gasteiger partial charge < -0.3 is 0 Å². The lowest BCUT2D eigenvalue weighted by Gasteiger charge is -2.17. The number of aryl methyl sites for hydroxylation is 2. The van der Waals surface area contributed by atoms with Gasteiger partial charge in [-0.15, -0.1) is 11.3 Å². The van der Waals surface area contributed by atoms with Gasteiger partial charge in [-0.1, -0.05) is 66.3 Å². The number of benzene rings is 3. The first-order valence-electron chi connectivity index (χ1n) is 12.4. The Labute approximate surface area is 209 Å². The minimum atomic E-state index is 0.988. The summed E-state index contributed by atoms with van der Waals surface area (Å²) >= 11 is 1.96. The Balaban J connectivity index is 1.34. The maximum atomic E-state index is 5.09. The number of fused-ring (bicyclic) bond motifs is 4. The van der Waals surface area contributed by atoms with Crippen LogP contribution >= 0.6 is 11.3 Å². The third-order valence-corrected chi connectivity index (χ3v) is 8.56. The first kappa shape index (κ1) is 20.7. The minimum Gasteiger partial charge on any atom is -0.293 e. The van der Waals surface area contributed by atoms with Crippen LogP contribution in [0.25, 0.3) is 44.0 Å². The molecule has 5 aromatic rings. The quantitative estimate of drug-likeness (QED) is 0.258. The van der Waals surface area contributed by atoms with Gasteiger partial charge in [-0.05, 0) is 90.6 Å². The standard InChI is InChI=1S/C32H26N2S/c1-21-13-19-24(20-14-21)34-29-11-4-3-10-28(29)33-32(34)23-17-15-22(16-18-23)25-8-6-9-27-26-7-2-5-12-30(26)35-31(25)27/h3-6,8-15,17,19-20H,2,7,16,18H2,1H3. The SMILES string of the molecule is Cc1ccc(-n2c(C3=CC=C(c4cccc5c6c(sc45)C=CCC6)CC3)nc3ccccc32)cc1. The maximum absolute atomic E-state index is 5.09. The van der Waals surface area contributed by atoms with E-state index in [2.05, 4.69) is 103 Å². The van der Waals surface area contributed by atoms with E-state index in [1.807, 2.05) is 11.3 Å². The fraction of sp³-hybridized carbons (Fsp3) is 0.156. The highest BCUT2D eigenvalue weighted by Gasteiger charge is 2.21. The van der Waals surface area contributed by atoms with Crippen LogP contribution in [-0.4, -0.2) is 9.55 Å². The fourth-order valence-electron chi connectivity index (χ4n) is 5.50. The van der Waals surface area contributed by atoms with Gasteiger partial charge in [0.1, 0.15) is 5.82 Å². The molecule has 0 spiro atoms. The van der Waals surface area contributed by atoms with Gasteiger partial charge in [0.05, 0.1) is 11.0 Å². The third kappa shape index (κ3) is 3.42. The van der Waals surface area contributed by atoms with Crippen LogP contribution < -0.4 is 0 Å². The molecule has 2 heterocycles. The second-order valence-corrected chi connectivity index (χ2v) is 10.6. The molecule has 3 heteroatoms. The molecule has 3 aromatic carbocycles. The van der Waals surface area contributed by atoms with Gasteiger partial charge in [0.25, 0.3) is 0 Å². The van der Waals surface area contributed by atoms with Gasteiger partial charge in [-0.2, -0.15) is 0 Å². The molecule has 0 amide bonds. The molecule has 35 heavy (non-hydrogen) atoms. The molecule has 0 N–H and O–H groups in total.